The maximum Gasteiger partial charge on any atom is 0.391 e. The van der Waals surface area contributed by atoms with Gasteiger partial charge in [-0.1, -0.05) is 18.2 Å². The number of aryl methyl sites for hydroxylation is 1. The normalized spacial score (nSPS) is 17.2. The summed E-state index contributed by atoms with van der Waals surface area (Å²) in [5.74, 6) is 0.426. The first-order chi connectivity index (χ1) is 7.97. The first kappa shape index (κ1) is 12.2. The van der Waals surface area contributed by atoms with Gasteiger partial charge < -0.3 is 9.84 Å². The Bertz CT molecular complexity index is 401. The van der Waals surface area contributed by atoms with Crippen molar-refractivity contribution in [2.75, 3.05) is 6.61 Å². The van der Waals surface area contributed by atoms with Crippen molar-refractivity contribution >= 4 is 0 Å². The average Bonchev–Trinajstić information content (AvgIpc) is 2.26. The molecule has 2 nitrogen and oxygen atoms in total. The fourth-order valence-corrected chi connectivity index (χ4v) is 2.01. The number of para-hydroxylation sites is 1. The fraction of sp³-hybridized carbons (Fsp3) is 0.500. The highest BCUT2D eigenvalue weighted by molar-refractivity contribution is 5.44. The number of alkyl halides is 3. The molecule has 1 aromatic carbocycles. The van der Waals surface area contributed by atoms with E-state index in [0.29, 0.717) is 12.4 Å². The van der Waals surface area contributed by atoms with Crippen molar-refractivity contribution in [2.24, 2.45) is 0 Å². The van der Waals surface area contributed by atoms with Crippen LogP contribution >= 0.6 is 0 Å². The van der Waals surface area contributed by atoms with Crippen molar-refractivity contribution in [1.82, 2.24) is 0 Å². The van der Waals surface area contributed by atoms with Crippen LogP contribution in [0.2, 0.25) is 0 Å². The zero-order valence-electron chi connectivity index (χ0n) is 9.13. The molecular weight excluding hydrogens is 233 g/mol. The lowest BCUT2D eigenvalue weighted by Gasteiger charge is -2.23. The highest BCUT2D eigenvalue weighted by Crippen LogP contribution is 2.37. The fourth-order valence-electron chi connectivity index (χ4n) is 2.01. The molecule has 0 saturated carbocycles. The minimum atomic E-state index is -4.38. The van der Waals surface area contributed by atoms with Crippen LogP contribution in [0.5, 0.6) is 5.75 Å². The Balaban J connectivity index is 2.26. The molecule has 0 bridgehead atoms. The SMILES string of the molecule is OC(CC(F)(F)F)c1cccc2c1OCCC2. The van der Waals surface area contributed by atoms with E-state index in [4.69, 9.17) is 4.74 Å². The van der Waals surface area contributed by atoms with E-state index in [9.17, 15) is 18.3 Å². The number of hydrogen-bond donors (Lipinski definition) is 1. The van der Waals surface area contributed by atoms with E-state index in [0.717, 1.165) is 18.4 Å². The summed E-state index contributed by atoms with van der Waals surface area (Å²) < 4.78 is 42.0. The lowest BCUT2D eigenvalue weighted by Crippen LogP contribution is -2.16. The van der Waals surface area contributed by atoms with Gasteiger partial charge in [0, 0.05) is 5.56 Å². The van der Waals surface area contributed by atoms with E-state index in [-0.39, 0.29) is 5.56 Å². The van der Waals surface area contributed by atoms with Crippen LogP contribution in [0.25, 0.3) is 0 Å². The zero-order valence-corrected chi connectivity index (χ0v) is 9.13. The quantitative estimate of drug-likeness (QED) is 0.869. The van der Waals surface area contributed by atoms with Gasteiger partial charge in [-0.15, -0.1) is 0 Å². The van der Waals surface area contributed by atoms with E-state index in [1.54, 1.807) is 6.07 Å². The molecule has 1 aliphatic heterocycles. The van der Waals surface area contributed by atoms with Gasteiger partial charge in [-0.25, -0.2) is 0 Å². The predicted octanol–water partition coefficient (Wildman–Crippen LogP) is 3.00. The number of benzene rings is 1. The Morgan fingerprint density at radius 3 is 2.82 bits per heavy atom. The smallest absolute Gasteiger partial charge is 0.391 e. The number of rotatable bonds is 2. The van der Waals surface area contributed by atoms with E-state index in [1.165, 1.54) is 6.07 Å². The molecule has 1 aliphatic rings. The Labute approximate surface area is 97.0 Å². The molecular formula is C12H13F3O2. The molecule has 1 unspecified atom stereocenters. The molecule has 2 rings (SSSR count). The minimum Gasteiger partial charge on any atom is -0.493 e. The number of halogens is 3. The maximum atomic E-state index is 12.2. The van der Waals surface area contributed by atoms with Gasteiger partial charge in [0.15, 0.2) is 0 Å². The van der Waals surface area contributed by atoms with Crippen LogP contribution in [0.15, 0.2) is 18.2 Å². The molecule has 0 aromatic heterocycles. The summed E-state index contributed by atoms with van der Waals surface area (Å²) in [4.78, 5) is 0. The van der Waals surface area contributed by atoms with Crippen molar-refractivity contribution in [1.29, 1.82) is 0 Å². The summed E-state index contributed by atoms with van der Waals surface area (Å²) in [6, 6.07) is 4.96. The molecule has 0 saturated heterocycles. The van der Waals surface area contributed by atoms with Gasteiger partial charge >= 0.3 is 6.18 Å². The van der Waals surface area contributed by atoms with Crippen LogP contribution in [0.1, 0.15) is 30.1 Å². The molecule has 0 aliphatic carbocycles. The monoisotopic (exact) mass is 246 g/mol. The van der Waals surface area contributed by atoms with Gasteiger partial charge in [0.25, 0.3) is 0 Å². The van der Waals surface area contributed by atoms with E-state index in [1.807, 2.05) is 6.07 Å². The second kappa shape index (κ2) is 4.56. The highest BCUT2D eigenvalue weighted by atomic mass is 19.4. The largest absolute Gasteiger partial charge is 0.493 e. The lowest BCUT2D eigenvalue weighted by atomic mass is 9.98. The first-order valence-corrected chi connectivity index (χ1v) is 5.47. The van der Waals surface area contributed by atoms with Crippen LogP contribution in [0.3, 0.4) is 0 Å². The van der Waals surface area contributed by atoms with Crippen LogP contribution < -0.4 is 4.74 Å². The van der Waals surface area contributed by atoms with Gasteiger partial charge in [0.1, 0.15) is 5.75 Å². The summed E-state index contributed by atoms with van der Waals surface area (Å²) >= 11 is 0. The predicted molar refractivity (Wildman–Crippen MR) is 55.9 cm³/mol. The number of fused-ring (bicyclic) bond motifs is 1. The van der Waals surface area contributed by atoms with E-state index < -0.39 is 18.7 Å². The average molecular weight is 246 g/mol. The Morgan fingerprint density at radius 2 is 2.12 bits per heavy atom. The number of ether oxygens (including phenoxy) is 1. The van der Waals surface area contributed by atoms with Crippen molar-refractivity contribution in [3.8, 4) is 5.75 Å². The van der Waals surface area contributed by atoms with Crippen molar-refractivity contribution in [2.45, 2.75) is 31.5 Å². The zero-order chi connectivity index (χ0) is 12.5. The van der Waals surface area contributed by atoms with E-state index in [2.05, 4.69) is 0 Å². The molecule has 1 heterocycles. The second-order valence-corrected chi connectivity index (χ2v) is 4.12. The lowest BCUT2D eigenvalue weighted by molar-refractivity contribution is -0.154. The number of aliphatic hydroxyl groups excluding tert-OH is 1. The Hall–Kier alpha value is -1.23. The Kier molecular flexibility index (Phi) is 3.28. The summed E-state index contributed by atoms with van der Waals surface area (Å²) in [5.41, 5.74) is 1.11. The topological polar surface area (TPSA) is 29.5 Å². The van der Waals surface area contributed by atoms with Crippen LogP contribution in [-0.2, 0) is 6.42 Å². The van der Waals surface area contributed by atoms with Gasteiger partial charge in [-0.05, 0) is 18.4 Å². The van der Waals surface area contributed by atoms with Crippen LogP contribution in [0.4, 0.5) is 13.2 Å². The minimum absolute atomic E-state index is 0.236. The summed E-state index contributed by atoms with van der Waals surface area (Å²) in [7, 11) is 0. The van der Waals surface area contributed by atoms with Crippen molar-refractivity contribution < 1.29 is 23.0 Å². The molecule has 0 spiro atoms. The number of hydrogen-bond acceptors (Lipinski definition) is 2. The third kappa shape index (κ3) is 2.91. The summed E-state index contributed by atoms with van der Waals surface area (Å²) in [5, 5.41) is 9.61. The van der Waals surface area contributed by atoms with E-state index >= 15 is 0 Å². The third-order valence-electron chi connectivity index (χ3n) is 2.75. The van der Waals surface area contributed by atoms with Crippen molar-refractivity contribution in [3.63, 3.8) is 0 Å². The molecule has 5 heteroatoms. The molecule has 0 fully saturated rings. The van der Waals surface area contributed by atoms with Crippen molar-refractivity contribution in [3.05, 3.63) is 29.3 Å². The van der Waals surface area contributed by atoms with Gasteiger partial charge in [-0.3, -0.25) is 0 Å². The summed E-state index contributed by atoms with van der Waals surface area (Å²) in [6.45, 7) is 0.489. The molecule has 1 atom stereocenters. The molecule has 0 radical (unpaired) electrons. The molecule has 0 amide bonds. The van der Waals surface area contributed by atoms with Gasteiger partial charge in [0.2, 0.25) is 0 Å². The summed E-state index contributed by atoms with van der Waals surface area (Å²) in [6.07, 6.45) is -5.54. The molecule has 94 valence electrons. The third-order valence-corrected chi connectivity index (χ3v) is 2.75. The van der Waals surface area contributed by atoms with Crippen LogP contribution in [0, 0.1) is 0 Å². The molecule has 1 aromatic rings. The Morgan fingerprint density at radius 1 is 1.35 bits per heavy atom. The standard InChI is InChI=1S/C12H13F3O2/c13-12(14,15)7-10(16)9-5-1-3-8-4-2-6-17-11(8)9/h1,3,5,10,16H,2,4,6-7H2. The maximum absolute atomic E-state index is 12.2. The first-order valence-electron chi connectivity index (χ1n) is 5.47. The molecule has 17 heavy (non-hydrogen) atoms. The highest BCUT2D eigenvalue weighted by Gasteiger charge is 2.33. The number of aliphatic hydroxyl groups is 1. The van der Waals surface area contributed by atoms with Gasteiger partial charge in [-0.2, -0.15) is 13.2 Å². The molecule has 1 N–H and O–H groups in total. The van der Waals surface area contributed by atoms with Gasteiger partial charge in [0.05, 0.1) is 19.1 Å². The second-order valence-electron chi connectivity index (χ2n) is 4.12. The van der Waals surface area contributed by atoms with Crippen LogP contribution in [-0.4, -0.2) is 17.9 Å².